The number of urea groups is 1. The monoisotopic (exact) mass is 319 g/mol. The second-order valence-electron chi connectivity index (χ2n) is 6.51. The highest BCUT2D eigenvalue weighted by atomic mass is 16.3. The zero-order valence-electron chi connectivity index (χ0n) is 14.5. The van der Waals surface area contributed by atoms with Crippen molar-refractivity contribution in [1.29, 1.82) is 0 Å². The van der Waals surface area contributed by atoms with E-state index in [1.165, 1.54) is 11.1 Å². The number of aliphatic hydroxyl groups excluding tert-OH is 1. The van der Waals surface area contributed by atoms with Crippen LogP contribution in [0.15, 0.2) is 18.2 Å². The quantitative estimate of drug-likeness (QED) is 0.877. The number of nitrogens with zero attached hydrogens (tertiary/aromatic N) is 2. The molecule has 0 aliphatic carbocycles. The lowest BCUT2D eigenvalue weighted by atomic mass is 10.0. The van der Waals surface area contributed by atoms with Crippen molar-refractivity contribution >= 4 is 11.7 Å². The number of aliphatic hydroxyl groups is 1. The lowest BCUT2D eigenvalue weighted by molar-refractivity contribution is 0.134. The molecule has 5 heteroatoms. The maximum atomic E-state index is 12.4. The van der Waals surface area contributed by atoms with Crippen molar-refractivity contribution in [2.75, 3.05) is 38.6 Å². The van der Waals surface area contributed by atoms with E-state index in [9.17, 15) is 4.79 Å². The summed E-state index contributed by atoms with van der Waals surface area (Å²) in [4.78, 5) is 16.6. The van der Waals surface area contributed by atoms with Crippen molar-refractivity contribution in [3.05, 3.63) is 29.3 Å². The smallest absolute Gasteiger partial charge is 0.321 e. The first-order valence-electron chi connectivity index (χ1n) is 8.45. The SMILES string of the molecule is Cc1ccc(NC(=O)N2CCC(N(C)CCCO)CC2)cc1C. The highest BCUT2D eigenvalue weighted by molar-refractivity contribution is 5.89. The molecular formula is C18H29N3O2. The normalized spacial score (nSPS) is 16.0. The van der Waals surface area contributed by atoms with Crippen molar-refractivity contribution in [2.45, 2.75) is 39.2 Å². The Kier molecular flexibility index (Phi) is 6.42. The summed E-state index contributed by atoms with van der Waals surface area (Å²) < 4.78 is 0. The van der Waals surface area contributed by atoms with Gasteiger partial charge in [0, 0.05) is 38.0 Å². The fourth-order valence-corrected chi connectivity index (χ4v) is 3.03. The topological polar surface area (TPSA) is 55.8 Å². The Morgan fingerprint density at radius 2 is 2.00 bits per heavy atom. The molecule has 0 saturated carbocycles. The number of amides is 2. The van der Waals surface area contributed by atoms with Crippen LogP contribution in [0.1, 0.15) is 30.4 Å². The van der Waals surface area contributed by atoms with E-state index >= 15 is 0 Å². The third kappa shape index (κ3) is 4.94. The minimum absolute atomic E-state index is 0.00952. The molecule has 128 valence electrons. The molecule has 1 saturated heterocycles. The van der Waals surface area contributed by atoms with Gasteiger partial charge in [0.25, 0.3) is 0 Å². The molecule has 1 aliphatic rings. The number of hydrogen-bond donors (Lipinski definition) is 2. The molecule has 1 fully saturated rings. The number of carbonyl (C=O) groups is 1. The molecule has 0 unspecified atom stereocenters. The molecule has 0 atom stereocenters. The predicted molar refractivity (Wildman–Crippen MR) is 93.9 cm³/mol. The number of rotatable bonds is 5. The molecule has 1 aromatic carbocycles. The summed E-state index contributed by atoms with van der Waals surface area (Å²) in [5.74, 6) is 0. The van der Waals surface area contributed by atoms with Gasteiger partial charge in [-0.2, -0.15) is 0 Å². The predicted octanol–water partition coefficient (Wildman–Crippen LogP) is 2.61. The summed E-state index contributed by atoms with van der Waals surface area (Å²) in [6.07, 6.45) is 2.79. The first kappa shape index (κ1) is 17.8. The fraction of sp³-hybridized carbons (Fsp3) is 0.611. The molecule has 1 aliphatic heterocycles. The van der Waals surface area contributed by atoms with E-state index in [1.54, 1.807) is 0 Å². The van der Waals surface area contributed by atoms with Crippen LogP contribution in [0.25, 0.3) is 0 Å². The van der Waals surface area contributed by atoms with Crippen molar-refractivity contribution in [1.82, 2.24) is 9.80 Å². The highest BCUT2D eigenvalue weighted by Crippen LogP contribution is 2.18. The summed E-state index contributed by atoms with van der Waals surface area (Å²) in [5, 5.41) is 11.9. The molecular weight excluding hydrogens is 290 g/mol. The van der Waals surface area contributed by atoms with Gasteiger partial charge in [-0.1, -0.05) is 6.07 Å². The Morgan fingerprint density at radius 3 is 2.61 bits per heavy atom. The van der Waals surface area contributed by atoms with Gasteiger partial charge in [0.1, 0.15) is 0 Å². The summed E-state index contributed by atoms with van der Waals surface area (Å²) in [6, 6.07) is 6.50. The molecule has 2 N–H and O–H groups in total. The lowest BCUT2D eigenvalue weighted by Gasteiger charge is -2.36. The molecule has 0 spiro atoms. The third-order valence-corrected chi connectivity index (χ3v) is 4.80. The maximum Gasteiger partial charge on any atom is 0.321 e. The molecule has 0 bridgehead atoms. The fourth-order valence-electron chi connectivity index (χ4n) is 3.03. The van der Waals surface area contributed by atoms with Crippen molar-refractivity contribution in [3.8, 4) is 0 Å². The van der Waals surface area contributed by atoms with Crippen LogP contribution in [0, 0.1) is 13.8 Å². The molecule has 1 heterocycles. The number of anilines is 1. The Hall–Kier alpha value is -1.59. The van der Waals surface area contributed by atoms with E-state index in [0.29, 0.717) is 6.04 Å². The second kappa shape index (κ2) is 8.31. The van der Waals surface area contributed by atoms with E-state index in [4.69, 9.17) is 5.11 Å². The summed E-state index contributed by atoms with van der Waals surface area (Å²) in [7, 11) is 2.10. The van der Waals surface area contributed by atoms with Crippen molar-refractivity contribution in [2.24, 2.45) is 0 Å². The summed E-state index contributed by atoms with van der Waals surface area (Å²) in [5.41, 5.74) is 3.28. The van der Waals surface area contributed by atoms with Gasteiger partial charge >= 0.3 is 6.03 Å². The van der Waals surface area contributed by atoms with Crippen molar-refractivity contribution in [3.63, 3.8) is 0 Å². The number of aryl methyl sites for hydroxylation is 2. The van der Waals surface area contributed by atoms with Crippen LogP contribution in [0.2, 0.25) is 0 Å². The molecule has 5 nitrogen and oxygen atoms in total. The van der Waals surface area contributed by atoms with Crippen LogP contribution in [0.4, 0.5) is 10.5 Å². The average molecular weight is 319 g/mol. The van der Waals surface area contributed by atoms with Crippen molar-refractivity contribution < 1.29 is 9.90 Å². The third-order valence-electron chi connectivity index (χ3n) is 4.80. The van der Waals surface area contributed by atoms with Gasteiger partial charge in [-0.05, 0) is 63.4 Å². The van der Waals surface area contributed by atoms with Crippen LogP contribution in [0.3, 0.4) is 0 Å². The van der Waals surface area contributed by atoms with Gasteiger partial charge in [0.05, 0.1) is 0 Å². The zero-order chi connectivity index (χ0) is 16.8. The van der Waals surface area contributed by atoms with Gasteiger partial charge in [0.2, 0.25) is 0 Å². The Morgan fingerprint density at radius 1 is 1.30 bits per heavy atom. The van der Waals surface area contributed by atoms with E-state index < -0.39 is 0 Å². The lowest BCUT2D eigenvalue weighted by Crippen LogP contribution is -2.47. The number of benzene rings is 1. The van der Waals surface area contributed by atoms with Gasteiger partial charge in [-0.25, -0.2) is 4.79 Å². The molecule has 2 rings (SSSR count). The second-order valence-corrected chi connectivity index (χ2v) is 6.51. The molecule has 1 aromatic rings. The first-order chi connectivity index (χ1) is 11.0. The first-order valence-corrected chi connectivity index (χ1v) is 8.45. The summed E-state index contributed by atoms with van der Waals surface area (Å²) >= 11 is 0. The van der Waals surface area contributed by atoms with E-state index in [0.717, 1.165) is 44.6 Å². The van der Waals surface area contributed by atoms with Crippen LogP contribution < -0.4 is 5.32 Å². The van der Waals surface area contributed by atoms with Gasteiger partial charge in [0.15, 0.2) is 0 Å². The van der Waals surface area contributed by atoms with Crippen LogP contribution in [-0.2, 0) is 0 Å². The maximum absolute atomic E-state index is 12.4. The average Bonchev–Trinajstić information content (AvgIpc) is 2.56. The van der Waals surface area contributed by atoms with E-state index in [1.807, 2.05) is 23.1 Å². The van der Waals surface area contributed by atoms with Crippen LogP contribution in [-0.4, -0.2) is 60.3 Å². The van der Waals surface area contributed by atoms with Gasteiger partial charge < -0.3 is 20.2 Å². The Labute approximate surface area is 139 Å². The van der Waals surface area contributed by atoms with Crippen LogP contribution in [0.5, 0.6) is 0 Å². The number of piperidine rings is 1. The number of nitrogens with one attached hydrogen (secondary N) is 1. The standard InChI is InChI=1S/C18H29N3O2/c1-14-5-6-16(13-15(14)2)19-18(23)21-10-7-17(8-11-21)20(3)9-4-12-22/h5-6,13,17,22H,4,7-12H2,1-3H3,(H,19,23). The molecule has 23 heavy (non-hydrogen) atoms. The van der Waals surface area contributed by atoms with E-state index in [-0.39, 0.29) is 12.6 Å². The molecule has 2 amide bonds. The van der Waals surface area contributed by atoms with Gasteiger partial charge in [-0.3, -0.25) is 0 Å². The number of likely N-dealkylation sites (tertiary alicyclic amines) is 1. The number of carbonyl (C=O) groups excluding carboxylic acids is 1. The molecule has 0 radical (unpaired) electrons. The minimum atomic E-state index is -0.00952. The van der Waals surface area contributed by atoms with E-state index in [2.05, 4.69) is 31.1 Å². The summed E-state index contributed by atoms with van der Waals surface area (Å²) in [6.45, 7) is 6.84. The molecule has 0 aromatic heterocycles. The Bertz CT molecular complexity index is 525. The largest absolute Gasteiger partial charge is 0.396 e. The zero-order valence-corrected chi connectivity index (χ0v) is 14.5. The van der Waals surface area contributed by atoms with Gasteiger partial charge in [-0.15, -0.1) is 0 Å². The highest BCUT2D eigenvalue weighted by Gasteiger charge is 2.25. The minimum Gasteiger partial charge on any atom is -0.396 e. The Balaban J connectivity index is 1.82. The number of hydrogen-bond acceptors (Lipinski definition) is 3. The van der Waals surface area contributed by atoms with Crippen LogP contribution >= 0.6 is 0 Å².